The first-order valence-corrected chi connectivity index (χ1v) is 7.02. The topological polar surface area (TPSA) is 37.8 Å². The van der Waals surface area contributed by atoms with Gasteiger partial charge in [-0.3, -0.25) is 0 Å². The van der Waals surface area contributed by atoms with Crippen LogP contribution in [0.1, 0.15) is 39.2 Å². The van der Waals surface area contributed by atoms with Crippen LogP contribution in [0.5, 0.6) is 0 Å². The molecule has 0 saturated heterocycles. The lowest BCUT2D eigenvalue weighted by molar-refractivity contribution is 0.849. The van der Waals surface area contributed by atoms with Gasteiger partial charge in [0, 0.05) is 12.1 Å². The normalized spacial score (nSPS) is 10.4. The van der Waals surface area contributed by atoms with Crippen LogP contribution in [0.2, 0.25) is 0 Å². The Kier molecular flexibility index (Phi) is 6.23. The molecular formula is C12H21N3S. The van der Waals surface area contributed by atoms with Gasteiger partial charge in [-0.15, -0.1) is 11.8 Å². The Morgan fingerprint density at radius 2 is 2.00 bits per heavy atom. The first-order valence-electron chi connectivity index (χ1n) is 6.03. The number of nitrogens with one attached hydrogen (secondary N) is 1. The van der Waals surface area contributed by atoms with Crippen LogP contribution in [0.4, 0.5) is 5.82 Å². The molecule has 0 saturated carbocycles. The highest BCUT2D eigenvalue weighted by Crippen LogP contribution is 2.25. The van der Waals surface area contributed by atoms with Crippen LogP contribution < -0.4 is 5.32 Å². The number of hydrogen-bond acceptors (Lipinski definition) is 4. The van der Waals surface area contributed by atoms with Gasteiger partial charge < -0.3 is 5.32 Å². The molecule has 0 bridgehead atoms. The first-order chi connectivity index (χ1) is 7.83. The number of hydrogen-bond donors (Lipinski definition) is 1. The Bertz CT molecular complexity index is 315. The summed E-state index contributed by atoms with van der Waals surface area (Å²) in [6.45, 7) is 7.48. The van der Waals surface area contributed by atoms with E-state index >= 15 is 0 Å². The first kappa shape index (κ1) is 13.3. The van der Waals surface area contributed by atoms with E-state index in [1.54, 1.807) is 18.1 Å². The molecule has 0 radical (unpaired) electrons. The van der Waals surface area contributed by atoms with Crippen LogP contribution in [0.15, 0.2) is 11.4 Å². The van der Waals surface area contributed by atoms with Crippen molar-refractivity contribution in [1.29, 1.82) is 0 Å². The fourth-order valence-electron chi connectivity index (χ4n) is 1.53. The molecule has 16 heavy (non-hydrogen) atoms. The summed E-state index contributed by atoms with van der Waals surface area (Å²) in [7, 11) is 0. The van der Waals surface area contributed by atoms with Gasteiger partial charge in [-0.25, -0.2) is 9.97 Å². The van der Waals surface area contributed by atoms with Gasteiger partial charge >= 0.3 is 0 Å². The second-order valence-electron chi connectivity index (χ2n) is 3.62. The van der Waals surface area contributed by atoms with E-state index in [0.29, 0.717) is 0 Å². The zero-order valence-electron chi connectivity index (χ0n) is 10.4. The minimum Gasteiger partial charge on any atom is -0.370 e. The third kappa shape index (κ3) is 3.67. The molecule has 0 amide bonds. The second kappa shape index (κ2) is 7.49. The van der Waals surface area contributed by atoms with Gasteiger partial charge in [-0.2, -0.15) is 0 Å². The number of nitrogens with zero attached hydrogens (tertiary/aromatic N) is 2. The van der Waals surface area contributed by atoms with Crippen LogP contribution >= 0.6 is 11.8 Å². The Balaban J connectivity index is 2.90. The Morgan fingerprint density at radius 1 is 1.19 bits per heavy atom. The highest BCUT2D eigenvalue weighted by atomic mass is 32.2. The molecule has 0 aliphatic carbocycles. The molecule has 0 aromatic carbocycles. The number of rotatable bonds is 7. The second-order valence-corrected chi connectivity index (χ2v) is 4.87. The van der Waals surface area contributed by atoms with Gasteiger partial charge in [-0.05, 0) is 18.6 Å². The van der Waals surface area contributed by atoms with Crippen molar-refractivity contribution in [2.75, 3.05) is 17.6 Å². The van der Waals surface area contributed by atoms with Crippen molar-refractivity contribution >= 4 is 17.6 Å². The molecule has 90 valence electrons. The van der Waals surface area contributed by atoms with E-state index in [-0.39, 0.29) is 0 Å². The van der Waals surface area contributed by atoms with Crippen molar-refractivity contribution in [3.63, 3.8) is 0 Å². The van der Waals surface area contributed by atoms with Crippen molar-refractivity contribution in [3.05, 3.63) is 11.9 Å². The Hall–Kier alpha value is -0.770. The molecule has 0 atom stereocenters. The van der Waals surface area contributed by atoms with Gasteiger partial charge in [-0.1, -0.05) is 27.2 Å². The van der Waals surface area contributed by atoms with E-state index in [1.165, 1.54) is 5.56 Å². The fraction of sp³-hybridized carbons (Fsp3) is 0.667. The van der Waals surface area contributed by atoms with Gasteiger partial charge in [0.05, 0.1) is 0 Å². The van der Waals surface area contributed by atoms with E-state index in [2.05, 4.69) is 36.1 Å². The summed E-state index contributed by atoms with van der Waals surface area (Å²) in [5, 5.41) is 4.52. The lowest BCUT2D eigenvalue weighted by Crippen LogP contribution is -2.07. The summed E-state index contributed by atoms with van der Waals surface area (Å²) >= 11 is 1.80. The highest BCUT2D eigenvalue weighted by Gasteiger charge is 2.09. The molecule has 4 heteroatoms. The van der Waals surface area contributed by atoms with Gasteiger partial charge in [0.2, 0.25) is 0 Å². The molecule has 0 aliphatic heterocycles. The molecule has 0 spiro atoms. The van der Waals surface area contributed by atoms with Crippen LogP contribution in [-0.2, 0) is 6.42 Å². The summed E-state index contributed by atoms with van der Waals surface area (Å²) < 4.78 is 0. The predicted molar refractivity (Wildman–Crippen MR) is 71.2 cm³/mol. The minimum absolute atomic E-state index is 0.976. The third-order valence-electron chi connectivity index (χ3n) is 2.23. The van der Waals surface area contributed by atoms with Crippen LogP contribution in [0, 0.1) is 0 Å². The summed E-state index contributed by atoms with van der Waals surface area (Å²) in [4.78, 5) is 8.71. The lowest BCUT2D eigenvalue weighted by Gasteiger charge is -2.12. The van der Waals surface area contributed by atoms with Gasteiger partial charge in [0.1, 0.15) is 17.2 Å². The van der Waals surface area contributed by atoms with E-state index in [1.807, 2.05) is 0 Å². The molecule has 3 nitrogen and oxygen atoms in total. The van der Waals surface area contributed by atoms with E-state index in [4.69, 9.17) is 0 Å². The maximum atomic E-state index is 4.37. The SMILES string of the molecule is CCCNc1ncnc(SCC)c1CCC. The number of anilines is 1. The quantitative estimate of drug-likeness (QED) is 0.585. The Morgan fingerprint density at radius 3 is 2.62 bits per heavy atom. The lowest BCUT2D eigenvalue weighted by atomic mass is 10.2. The molecule has 0 fully saturated rings. The maximum Gasteiger partial charge on any atom is 0.133 e. The molecule has 1 aromatic heterocycles. The summed E-state index contributed by atoms with van der Waals surface area (Å²) in [5.74, 6) is 2.08. The largest absolute Gasteiger partial charge is 0.370 e. The van der Waals surface area contributed by atoms with Gasteiger partial charge in [0.25, 0.3) is 0 Å². The summed E-state index contributed by atoms with van der Waals surface area (Å²) in [6, 6.07) is 0. The van der Waals surface area contributed by atoms with Crippen LogP contribution in [-0.4, -0.2) is 22.3 Å². The predicted octanol–water partition coefficient (Wildman–Crippen LogP) is 3.36. The average Bonchev–Trinajstić information content (AvgIpc) is 2.30. The summed E-state index contributed by atoms with van der Waals surface area (Å²) in [5.41, 5.74) is 1.28. The Labute approximate surface area is 102 Å². The molecule has 1 aromatic rings. The molecule has 1 N–H and O–H groups in total. The minimum atomic E-state index is 0.976. The fourth-order valence-corrected chi connectivity index (χ4v) is 2.30. The van der Waals surface area contributed by atoms with Crippen LogP contribution in [0.25, 0.3) is 0 Å². The molecular weight excluding hydrogens is 218 g/mol. The van der Waals surface area contributed by atoms with Crippen molar-refractivity contribution in [1.82, 2.24) is 9.97 Å². The standard InChI is InChI=1S/C12H21N3S/c1-4-7-10-11(13-8-5-2)14-9-15-12(10)16-6-3/h9H,4-8H2,1-3H3,(H,13,14,15). The van der Waals surface area contributed by atoms with Crippen LogP contribution in [0.3, 0.4) is 0 Å². The molecule has 0 unspecified atom stereocenters. The number of thioether (sulfide) groups is 1. The maximum absolute atomic E-state index is 4.37. The highest BCUT2D eigenvalue weighted by molar-refractivity contribution is 7.99. The molecule has 0 aliphatic rings. The van der Waals surface area contributed by atoms with E-state index in [0.717, 1.165) is 42.4 Å². The van der Waals surface area contributed by atoms with Crippen molar-refractivity contribution in [3.8, 4) is 0 Å². The zero-order chi connectivity index (χ0) is 11.8. The summed E-state index contributed by atoms with van der Waals surface area (Å²) in [6.07, 6.45) is 4.96. The van der Waals surface area contributed by atoms with E-state index in [9.17, 15) is 0 Å². The number of aromatic nitrogens is 2. The smallest absolute Gasteiger partial charge is 0.133 e. The third-order valence-corrected chi connectivity index (χ3v) is 3.14. The zero-order valence-corrected chi connectivity index (χ0v) is 11.2. The average molecular weight is 239 g/mol. The monoisotopic (exact) mass is 239 g/mol. The van der Waals surface area contributed by atoms with Crippen molar-refractivity contribution in [2.24, 2.45) is 0 Å². The van der Waals surface area contributed by atoms with Crippen molar-refractivity contribution < 1.29 is 0 Å². The molecule has 1 heterocycles. The van der Waals surface area contributed by atoms with E-state index < -0.39 is 0 Å². The van der Waals surface area contributed by atoms with Crippen molar-refractivity contribution in [2.45, 2.75) is 45.1 Å². The molecule has 1 rings (SSSR count). The van der Waals surface area contributed by atoms with Gasteiger partial charge in [0.15, 0.2) is 0 Å².